The van der Waals surface area contributed by atoms with Gasteiger partial charge in [0.2, 0.25) is 0 Å². The fourth-order valence-electron chi connectivity index (χ4n) is 0.771. The minimum absolute atomic E-state index is 1.33. The lowest BCUT2D eigenvalue weighted by Crippen LogP contribution is -3.00. The first-order valence-corrected chi connectivity index (χ1v) is 5.84. The number of nitrogens with one attached hydrogen (secondary N) is 1. The Bertz CT molecular complexity index is 429. The third-order valence-corrected chi connectivity index (χ3v) is 2.20. The van der Waals surface area contributed by atoms with Gasteiger partial charge in [0.25, 0.3) is 0 Å². The number of hydrogen-bond acceptors (Lipinski definition) is 3. The van der Waals surface area contributed by atoms with Crippen molar-refractivity contribution in [2.75, 3.05) is 14.1 Å². The molecular weight excluding hydrogens is 259 g/mol. The summed E-state index contributed by atoms with van der Waals surface area (Å²) in [6.45, 7) is 0. The van der Waals surface area contributed by atoms with Crippen LogP contribution in [0, 0.1) is 0 Å². The Kier molecular flexibility index (Phi) is 5.59. The SMILES string of the molecule is C[NH+](C)c1ccccc1.O=S(=O)([O-])C(F)(F)F. The van der Waals surface area contributed by atoms with Gasteiger partial charge in [0, 0.05) is 0 Å². The van der Waals surface area contributed by atoms with E-state index >= 15 is 0 Å². The van der Waals surface area contributed by atoms with Crippen molar-refractivity contribution in [3.63, 3.8) is 0 Å². The van der Waals surface area contributed by atoms with Crippen molar-refractivity contribution in [3.05, 3.63) is 30.3 Å². The van der Waals surface area contributed by atoms with Crippen LogP contribution in [0.5, 0.6) is 0 Å². The summed E-state index contributed by atoms with van der Waals surface area (Å²) in [5.74, 6) is 0. The van der Waals surface area contributed by atoms with Crippen LogP contribution >= 0.6 is 0 Å². The lowest BCUT2D eigenvalue weighted by atomic mass is 10.3. The van der Waals surface area contributed by atoms with Gasteiger partial charge in [0.15, 0.2) is 10.1 Å². The number of rotatable bonds is 1. The summed E-state index contributed by atoms with van der Waals surface area (Å²) in [5, 5.41) is 0. The van der Waals surface area contributed by atoms with Crippen molar-refractivity contribution in [3.8, 4) is 0 Å². The molecule has 17 heavy (non-hydrogen) atoms. The van der Waals surface area contributed by atoms with Gasteiger partial charge in [0.05, 0.1) is 14.1 Å². The molecule has 1 aromatic carbocycles. The van der Waals surface area contributed by atoms with Crippen molar-refractivity contribution in [1.82, 2.24) is 0 Å². The van der Waals surface area contributed by atoms with E-state index in [4.69, 9.17) is 13.0 Å². The maximum Gasteiger partial charge on any atom is 0.485 e. The van der Waals surface area contributed by atoms with Gasteiger partial charge in [-0.05, 0) is 12.1 Å². The molecule has 0 bridgehead atoms. The molecule has 1 N–H and O–H groups in total. The Labute approximate surface area is 97.4 Å². The number of halogens is 3. The summed E-state index contributed by atoms with van der Waals surface area (Å²) in [4.78, 5) is 1.37. The van der Waals surface area contributed by atoms with Crippen LogP contribution in [0.1, 0.15) is 0 Å². The second-order valence-corrected chi connectivity index (χ2v) is 4.64. The highest BCUT2D eigenvalue weighted by Gasteiger charge is 2.36. The zero-order valence-electron chi connectivity index (χ0n) is 9.15. The Hall–Kier alpha value is -1.12. The molecule has 0 aliphatic heterocycles. The molecule has 0 spiro atoms. The maximum atomic E-state index is 10.7. The molecule has 0 heterocycles. The molecule has 0 fully saturated rings. The predicted octanol–water partition coefficient (Wildman–Crippen LogP) is 0.514. The number of benzene rings is 1. The Morgan fingerprint density at radius 1 is 1.12 bits per heavy atom. The summed E-state index contributed by atoms with van der Waals surface area (Å²) in [6, 6.07) is 10.4. The molecule has 1 rings (SSSR count). The van der Waals surface area contributed by atoms with E-state index in [1.165, 1.54) is 10.6 Å². The fourth-order valence-corrected chi connectivity index (χ4v) is 0.771. The molecule has 1 aromatic rings. The molecule has 0 aliphatic rings. The molecule has 0 unspecified atom stereocenters. The minimum Gasteiger partial charge on any atom is -0.741 e. The van der Waals surface area contributed by atoms with E-state index in [1.807, 2.05) is 6.07 Å². The molecule has 0 aliphatic carbocycles. The highest BCUT2D eigenvalue weighted by atomic mass is 32.2. The van der Waals surface area contributed by atoms with Crippen LogP contribution in [0.15, 0.2) is 30.3 Å². The number of alkyl halides is 3. The molecule has 0 radical (unpaired) electrons. The van der Waals surface area contributed by atoms with Gasteiger partial charge in [-0.15, -0.1) is 0 Å². The monoisotopic (exact) mass is 271 g/mol. The van der Waals surface area contributed by atoms with E-state index in [-0.39, 0.29) is 0 Å². The van der Waals surface area contributed by atoms with Gasteiger partial charge in [-0.1, -0.05) is 18.2 Å². The normalized spacial score (nSPS) is 11.9. The molecular formula is C9H12F3NO3S. The smallest absolute Gasteiger partial charge is 0.485 e. The van der Waals surface area contributed by atoms with Gasteiger partial charge in [-0.3, -0.25) is 0 Å². The van der Waals surface area contributed by atoms with Gasteiger partial charge in [-0.25, -0.2) is 8.42 Å². The van der Waals surface area contributed by atoms with Crippen molar-refractivity contribution in [2.45, 2.75) is 5.51 Å². The van der Waals surface area contributed by atoms with E-state index in [0.29, 0.717) is 0 Å². The third kappa shape index (κ3) is 6.25. The summed E-state index contributed by atoms with van der Waals surface area (Å²) >= 11 is 0. The summed E-state index contributed by atoms with van der Waals surface area (Å²) < 4.78 is 58.9. The standard InChI is InChI=1S/C8H11N.CHF3O3S/c1-9(2)8-6-4-3-5-7-8;2-1(3,4)8(5,6)7/h3-7H,1-2H3;(H,5,6,7). The van der Waals surface area contributed by atoms with Gasteiger partial charge in [0.1, 0.15) is 5.69 Å². The van der Waals surface area contributed by atoms with E-state index in [0.717, 1.165) is 0 Å². The summed E-state index contributed by atoms with van der Waals surface area (Å²) in [5.41, 5.74) is -4.31. The number of quaternary nitrogens is 1. The maximum absolute atomic E-state index is 10.7. The van der Waals surface area contributed by atoms with Gasteiger partial charge in [-0.2, -0.15) is 13.2 Å². The summed E-state index contributed by atoms with van der Waals surface area (Å²) in [7, 11) is -1.85. The molecule has 8 heteroatoms. The van der Waals surface area contributed by atoms with Crippen LogP contribution in [0.4, 0.5) is 18.9 Å². The first kappa shape index (κ1) is 15.9. The van der Waals surface area contributed by atoms with Crippen LogP contribution < -0.4 is 4.90 Å². The van der Waals surface area contributed by atoms with Crippen LogP contribution in [0.25, 0.3) is 0 Å². The fraction of sp³-hybridized carbons (Fsp3) is 0.333. The molecule has 4 nitrogen and oxygen atoms in total. The molecule has 0 atom stereocenters. The van der Waals surface area contributed by atoms with Crippen molar-refractivity contribution in [1.29, 1.82) is 0 Å². The molecule has 0 saturated carbocycles. The minimum atomic E-state index is -6.09. The largest absolute Gasteiger partial charge is 0.741 e. The second kappa shape index (κ2) is 5.99. The highest BCUT2D eigenvalue weighted by molar-refractivity contribution is 7.86. The predicted molar refractivity (Wildman–Crippen MR) is 54.7 cm³/mol. The Morgan fingerprint density at radius 3 is 1.65 bits per heavy atom. The lowest BCUT2D eigenvalue weighted by Gasteiger charge is -2.08. The Balaban J connectivity index is 0.000000304. The molecule has 0 saturated heterocycles. The first-order chi connectivity index (χ1) is 7.55. The van der Waals surface area contributed by atoms with Gasteiger partial charge >= 0.3 is 5.51 Å². The van der Waals surface area contributed by atoms with Gasteiger partial charge < -0.3 is 9.45 Å². The lowest BCUT2D eigenvalue weighted by molar-refractivity contribution is -0.786. The van der Waals surface area contributed by atoms with Crippen molar-refractivity contribution in [2.24, 2.45) is 0 Å². The molecule has 0 aromatic heterocycles. The second-order valence-electron chi connectivity index (χ2n) is 3.27. The average molecular weight is 271 g/mol. The van der Waals surface area contributed by atoms with Crippen LogP contribution in [-0.4, -0.2) is 32.6 Å². The van der Waals surface area contributed by atoms with Crippen LogP contribution in [0.3, 0.4) is 0 Å². The van der Waals surface area contributed by atoms with Crippen LogP contribution in [-0.2, 0) is 10.1 Å². The van der Waals surface area contributed by atoms with Crippen molar-refractivity contribution < 1.29 is 31.0 Å². The Morgan fingerprint density at radius 2 is 1.47 bits per heavy atom. The zero-order valence-corrected chi connectivity index (χ0v) is 9.97. The topological polar surface area (TPSA) is 61.6 Å². The highest BCUT2D eigenvalue weighted by Crippen LogP contribution is 2.20. The quantitative estimate of drug-likeness (QED) is 0.598. The summed E-state index contributed by atoms with van der Waals surface area (Å²) in [6.07, 6.45) is 0. The van der Waals surface area contributed by atoms with Crippen molar-refractivity contribution >= 4 is 15.8 Å². The van der Waals surface area contributed by atoms with E-state index in [2.05, 4.69) is 38.4 Å². The van der Waals surface area contributed by atoms with E-state index < -0.39 is 15.6 Å². The van der Waals surface area contributed by atoms with E-state index in [1.54, 1.807) is 0 Å². The third-order valence-electron chi connectivity index (χ3n) is 1.63. The first-order valence-electron chi connectivity index (χ1n) is 4.43. The number of para-hydroxylation sites is 1. The van der Waals surface area contributed by atoms with E-state index in [9.17, 15) is 13.2 Å². The zero-order chi connectivity index (χ0) is 13.7. The number of hydrogen-bond donors (Lipinski definition) is 1. The molecule has 98 valence electrons. The van der Waals surface area contributed by atoms with Crippen LogP contribution in [0.2, 0.25) is 0 Å². The average Bonchev–Trinajstić information content (AvgIpc) is 2.17. The molecule has 0 amide bonds.